The van der Waals surface area contributed by atoms with Crippen LogP contribution in [-0.4, -0.2) is 34.5 Å². The smallest absolute Gasteiger partial charge is 0.306 e. The average Bonchev–Trinajstić information content (AvgIpc) is 2.65. The van der Waals surface area contributed by atoms with Gasteiger partial charge in [0.05, 0.1) is 5.92 Å². The topological polar surface area (TPSA) is 57.6 Å². The fourth-order valence-corrected chi connectivity index (χ4v) is 2.69. The van der Waals surface area contributed by atoms with Crippen LogP contribution < -0.4 is 0 Å². The summed E-state index contributed by atoms with van der Waals surface area (Å²) < 4.78 is 0. The lowest BCUT2D eigenvalue weighted by atomic mass is 9.85. The Kier molecular flexibility index (Phi) is 2.93. The van der Waals surface area contributed by atoms with Crippen LogP contribution >= 0.6 is 0 Å². The molecule has 0 aromatic carbocycles. The molecule has 1 N–H and O–H groups in total. The third-order valence-electron chi connectivity index (χ3n) is 3.60. The molecule has 0 aromatic heterocycles. The van der Waals surface area contributed by atoms with Crippen LogP contribution in [0.25, 0.3) is 0 Å². The summed E-state index contributed by atoms with van der Waals surface area (Å²) in [5.41, 5.74) is 0. The first-order chi connectivity index (χ1) is 7.18. The van der Waals surface area contributed by atoms with Gasteiger partial charge in [-0.25, -0.2) is 0 Å². The van der Waals surface area contributed by atoms with Gasteiger partial charge in [-0.05, 0) is 32.1 Å². The maximum atomic E-state index is 11.5. The van der Waals surface area contributed by atoms with E-state index < -0.39 is 5.97 Å². The Balaban J connectivity index is 1.87. The van der Waals surface area contributed by atoms with E-state index in [-0.39, 0.29) is 11.8 Å². The number of rotatable bonds is 2. The molecular weight excluding hydrogens is 194 g/mol. The molecule has 0 spiro atoms. The highest BCUT2D eigenvalue weighted by atomic mass is 16.4. The highest BCUT2D eigenvalue weighted by Crippen LogP contribution is 2.29. The zero-order valence-corrected chi connectivity index (χ0v) is 8.82. The normalized spacial score (nSPS) is 32.0. The molecule has 1 saturated carbocycles. The number of carbonyl (C=O) groups excluding carboxylic acids is 1. The van der Waals surface area contributed by atoms with Crippen LogP contribution in [-0.2, 0) is 9.59 Å². The Bertz CT molecular complexity index is 269. The molecule has 0 radical (unpaired) electrons. The van der Waals surface area contributed by atoms with Crippen molar-refractivity contribution in [1.29, 1.82) is 0 Å². The predicted octanol–water partition coefficient (Wildman–Crippen LogP) is 1.25. The molecule has 2 aliphatic rings. The number of carboxylic acid groups (broad SMARTS) is 1. The van der Waals surface area contributed by atoms with Crippen LogP contribution in [0.1, 0.15) is 38.5 Å². The zero-order valence-electron chi connectivity index (χ0n) is 8.82. The van der Waals surface area contributed by atoms with Crippen LogP contribution in [0.15, 0.2) is 0 Å². The molecule has 1 aliphatic carbocycles. The first-order valence-electron chi connectivity index (χ1n) is 5.71. The van der Waals surface area contributed by atoms with E-state index >= 15 is 0 Å². The van der Waals surface area contributed by atoms with E-state index in [0.29, 0.717) is 12.5 Å². The van der Waals surface area contributed by atoms with E-state index in [1.807, 2.05) is 4.90 Å². The van der Waals surface area contributed by atoms with Crippen molar-refractivity contribution in [2.45, 2.75) is 44.6 Å². The van der Waals surface area contributed by atoms with Gasteiger partial charge in [0.15, 0.2) is 0 Å². The van der Waals surface area contributed by atoms with E-state index in [2.05, 4.69) is 0 Å². The van der Waals surface area contributed by atoms with Crippen LogP contribution in [0.2, 0.25) is 0 Å². The third kappa shape index (κ3) is 2.13. The van der Waals surface area contributed by atoms with Crippen LogP contribution in [0.3, 0.4) is 0 Å². The molecule has 2 rings (SSSR count). The van der Waals surface area contributed by atoms with E-state index in [1.165, 1.54) is 0 Å². The van der Waals surface area contributed by atoms with Crippen molar-refractivity contribution in [1.82, 2.24) is 4.90 Å². The van der Waals surface area contributed by atoms with Gasteiger partial charge in [0.2, 0.25) is 5.91 Å². The van der Waals surface area contributed by atoms with Crippen molar-refractivity contribution in [2.24, 2.45) is 5.92 Å². The summed E-state index contributed by atoms with van der Waals surface area (Å²) in [6, 6.07) is 0.315. The molecule has 2 fully saturated rings. The number of carbonyl (C=O) groups is 2. The Morgan fingerprint density at radius 1 is 1.27 bits per heavy atom. The first kappa shape index (κ1) is 10.5. The van der Waals surface area contributed by atoms with Gasteiger partial charge in [-0.1, -0.05) is 0 Å². The number of carboxylic acids is 1. The highest BCUT2D eigenvalue weighted by molar-refractivity contribution is 5.78. The number of amides is 1. The van der Waals surface area contributed by atoms with E-state index in [0.717, 1.165) is 38.6 Å². The van der Waals surface area contributed by atoms with Gasteiger partial charge in [-0.2, -0.15) is 0 Å². The highest BCUT2D eigenvalue weighted by Gasteiger charge is 2.33. The molecule has 15 heavy (non-hydrogen) atoms. The summed E-state index contributed by atoms with van der Waals surface area (Å²) in [4.78, 5) is 24.2. The second-order valence-electron chi connectivity index (χ2n) is 4.53. The molecule has 1 heterocycles. The van der Waals surface area contributed by atoms with E-state index in [1.54, 1.807) is 0 Å². The lowest BCUT2D eigenvalue weighted by Crippen LogP contribution is -2.39. The Hall–Kier alpha value is -1.06. The average molecular weight is 211 g/mol. The summed E-state index contributed by atoms with van der Waals surface area (Å²) in [5.74, 6) is -0.603. The van der Waals surface area contributed by atoms with Crippen LogP contribution in [0, 0.1) is 5.92 Å². The lowest BCUT2D eigenvalue weighted by Gasteiger charge is -2.33. The zero-order chi connectivity index (χ0) is 10.8. The van der Waals surface area contributed by atoms with Gasteiger partial charge in [-0.3, -0.25) is 9.59 Å². The van der Waals surface area contributed by atoms with Gasteiger partial charge in [0.25, 0.3) is 0 Å². The molecule has 1 amide bonds. The monoisotopic (exact) mass is 211 g/mol. The molecule has 0 atom stereocenters. The van der Waals surface area contributed by atoms with Crippen LogP contribution in [0.4, 0.5) is 0 Å². The number of likely N-dealkylation sites (tertiary alicyclic amines) is 1. The Labute approximate surface area is 89.3 Å². The second kappa shape index (κ2) is 4.21. The number of hydrogen-bond acceptors (Lipinski definition) is 2. The Morgan fingerprint density at radius 2 is 1.93 bits per heavy atom. The van der Waals surface area contributed by atoms with E-state index in [9.17, 15) is 9.59 Å². The van der Waals surface area contributed by atoms with Crippen LogP contribution in [0.5, 0.6) is 0 Å². The van der Waals surface area contributed by atoms with Gasteiger partial charge in [-0.15, -0.1) is 0 Å². The van der Waals surface area contributed by atoms with Gasteiger partial charge >= 0.3 is 5.97 Å². The quantitative estimate of drug-likeness (QED) is 0.748. The fourth-order valence-electron chi connectivity index (χ4n) is 2.69. The molecular formula is C11H17NO3. The van der Waals surface area contributed by atoms with Gasteiger partial charge in [0, 0.05) is 19.0 Å². The second-order valence-corrected chi connectivity index (χ2v) is 4.53. The lowest BCUT2D eigenvalue weighted by molar-refractivity contribution is -0.143. The molecule has 0 unspecified atom stereocenters. The fraction of sp³-hybridized carbons (Fsp3) is 0.818. The number of aliphatic carboxylic acids is 1. The van der Waals surface area contributed by atoms with Gasteiger partial charge < -0.3 is 10.0 Å². The number of hydrogen-bond donors (Lipinski definition) is 1. The summed E-state index contributed by atoms with van der Waals surface area (Å²) in [6.07, 6.45) is 4.83. The molecule has 4 nitrogen and oxygen atoms in total. The van der Waals surface area contributed by atoms with Crippen molar-refractivity contribution in [3.63, 3.8) is 0 Å². The summed E-state index contributed by atoms with van der Waals surface area (Å²) in [7, 11) is 0. The largest absolute Gasteiger partial charge is 0.481 e. The molecule has 0 bridgehead atoms. The molecule has 1 aliphatic heterocycles. The van der Waals surface area contributed by atoms with E-state index in [4.69, 9.17) is 5.11 Å². The minimum atomic E-state index is -0.679. The summed E-state index contributed by atoms with van der Waals surface area (Å²) in [6.45, 7) is 0.876. The van der Waals surface area contributed by atoms with Crippen molar-refractivity contribution in [2.75, 3.05) is 6.54 Å². The maximum Gasteiger partial charge on any atom is 0.306 e. The minimum Gasteiger partial charge on any atom is -0.481 e. The minimum absolute atomic E-state index is 0.182. The standard InChI is InChI=1S/C11H17NO3/c13-10-2-1-7-12(10)9-5-3-8(4-6-9)11(14)15/h8-9H,1-7H2,(H,14,15)/t8-,9+. The van der Waals surface area contributed by atoms with Crippen molar-refractivity contribution >= 4 is 11.9 Å². The molecule has 4 heteroatoms. The summed E-state index contributed by atoms with van der Waals surface area (Å²) in [5, 5.41) is 8.86. The molecule has 0 aromatic rings. The first-order valence-corrected chi connectivity index (χ1v) is 5.71. The third-order valence-corrected chi connectivity index (χ3v) is 3.60. The van der Waals surface area contributed by atoms with Gasteiger partial charge in [0.1, 0.15) is 0 Å². The Morgan fingerprint density at radius 3 is 2.40 bits per heavy atom. The number of nitrogens with zero attached hydrogens (tertiary/aromatic N) is 1. The predicted molar refractivity (Wildman–Crippen MR) is 54.3 cm³/mol. The van der Waals surface area contributed by atoms with Crippen molar-refractivity contribution in [3.8, 4) is 0 Å². The van der Waals surface area contributed by atoms with Crippen molar-refractivity contribution < 1.29 is 14.7 Å². The SMILES string of the molecule is O=C1CCCN1[C@H]1CC[C@@H](C(=O)O)CC1. The summed E-state index contributed by atoms with van der Waals surface area (Å²) >= 11 is 0. The van der Waals surface area contributed by atoms with Crippen molar-refractivity contribution in [3.05, 3.63) is 0 Å². The molecule has 84 valence electrons. The maximum absolute atomic E-state index is 11.5. The molecule has 1 saturated heterocycles.